The van der Waals surface area contributed by atoms with E-state index >= 15 is 0 Å². The summed E-state index contributed by atoms with van der Waals surface area (Å²) in [5.74, 6) is -4.83. The SMILES string of the molecule is CCOC(=O)C(F)(F)c1ccc2c(n1)NCCC2. The van der Waals surface area contributed by atoms with Gasteiger partial charge in [-0.25, -0.2) is 9.78 Å². The standard InChI is InChI=1S/C12H14F2N2O2/c1-2-18-11(17)12(13,14)9-6-5-8-4-3-7-15-10(8)16-9/h5-6H,2-4,7H2,1H3,(H,15,16). The van der Waals surface area contributed by atoms with Crippen LogP contribution in [-0.2, 0) is 21.9 Å². The van der Waals surface area contributed by atoms with Crippen LogP contribution < -0.4 is 5.32 Å². The molecule has 0 aliphatic carbocycles. The van der Waals surface area contributed by atoms with Crippen LogP contribution in [0, 0.1) is 0 Å². The summed E-state index contributed by atoms with van der Waals surface area (Å²) < 4.78 is 31.8. The first-order valence-electron chi connectivity index (χ1n) is 5.85. The fraction of sp³-hybridized carbons (Fsp3) is 0.500. The van der Waals surface area contributed by atoms with Crippen LogP contribution >= 0.6 is 0 Å². The Labute approximate surface area is 103 Å². The molecular weight excluding hydrogens is 242 g/mol. The van der Waals surface area contributed by atoms with Crippen LogP contribution in [0.3, 0.4) is 0 Å². The number of aryl methyl sites for hydroxylation is 1. The predicted molar refractivity (Wildman–Crippen MR) is 61.6 cm³/mol. The number of fused-ring (bicyclic) bond motifs is 1. The van der Waals surface area contributed by atoms with Gasteiger partial charge in [0.15, 0.2) is 0 Å². The first-order valence-corrected chi connectivity index (χ1v) is 5.85. The van der Waals surface area contributed by atoms with Crippen molar-refractivity contribution in [3.63, 3.8) is 0 Å². The summed E-state index contributed by atoms with van der Waals surface area (Å²) in [4.78, 5) is 15.0. The molecule has 0 fully saturated rings. The number of anilines is 1. The minimum atomic E-state index is -3.70. The smallest absolute Gasteiger partial charge is 0.384 e. The first kappa shape index (κ1) is 12.7. The van der Waals surface area contributed by atoms with Crippen LogP contribution in [-0.4, -0.2) is 24.1 Å². The highest BCUT2D eigenvalue weighted by molar-refractivity contribution is 5.79. The molecule has 1 aliphatic heterocycles. The molecule has 1 aliphatic rings. The molecule has 0 saturated heterocycles. The lowest BCUT2D eigenvalue weighted by molar-refractivity contribution is -0.173. The van der Waals surface area contributed by atoms with Gasteiger partial charge >= 0.3 is 11.9 Å². The number of aromatic nitrogens is 1. The molecule has 0 aromatic carbocycles. The Morgan fingerprint density at radius 2 is 2.33 bits per heavy atom. The number of carbonyl (C=O) groups excluding carboxylic acids is 1. The maximum Gasteiger partial charge on any atom is 0.384 e. The number of ether oxygens (including phenoxy) is 1. The van der Waals surface area contributed by atoms with Gasteiger partial charge in [-0.3, -0.25) is 0 Å². The topological polar surface area (TPSA) is 51.2 Å². The van der Waals surface area contributed by atoms with Gasteiger partial charge < -0.3 is 10.1 Å². The fourth-order valence-electron chi connectivity index (χ4n) is 1.83. The molecule has 18 heavy (non-hydrogen) atoms. The van der Waals surface area contributed by atoms with Crippen LogP contribution in [0.5, 0.6) is 0 Å². The normalized spacial score (nSPS) is 14.6. The van der Waals surface area contributed by atoms with Crippen LogP contribution in [0.1, 0.15) is 24.6 Å². The second kappa shape index (κ2) is 4.88. The molecule has 1 aromatic heterocycles. The highest BCUT2D eigenvalue weighted by atomic mass is 19.3. The molecule has 6 heteroatoms. The number of esters is 1. The van der Waals surface area contributed by atoms with E-state index in [1.165, 1.54) is 13.0 Å². The van der Waals surface area contributed by atoms with Crippen LogP contribution in [0.4, 0.5) is 14.6 Å². The van der Waals surface area contributed by atoms with E-state index in [-0.39, 0.29) is 6.61 Å². The predicted octanol–water partition coefficient (Wildman–Crippen LogP) is 2.09. The summed E-state index contributed by atoms with van der Waals surface area (Å²) in [6.07, 6.45) is 1.75. The van der Waals surface area contributed by atoms with E-state index in [1.54, 1.807) is 6.07 Å². The molecular formula is C12H14F2N2O2. The first-order chi connectivity index (χ1) is 8.55. The molecule has 98 valence electrons. The largest absolute Gasteiger partial charge is 0.461 e. The van der Waals surface area contributed by atoms with E-state index in [4.69, 9.17) is 0 Å². The number of hydrogen-bond donors (Lipinski definition) is 1. The zero-order chi connectivity index (χ0) is 13.2. The minimum Gasteiger partial charge on any atom is -0.461 e. The van der Waals surface area contributed by atoms with Crippen molar-refractivity contribution in [2.75, 3.05) is 18.5 Å². The van der Waals surface area contributed by atoms with Gasteiger partial charge in [0, 0.05) is 6.54 Å². The van der Waals surface area contributed by atoms with Crippen molar-refractivity contribution in [1.82, 2.24) is 4.98 Å². The minimum absolute atomic E-state index is 0.0857. The Bertz CT molecular complexity index is 463. The van der Waals surface area contributed by atoms with Gasteiger partial charge in [0.25, 0.3) is 0 Å². The summed E-state index contributed by atoms with van der Waals surface area (Å²) in [6.45, 7) is 2.10. The van der Waals surface area contributed by atoms with Crippen molar-refractivity contribution in [3.05, 3.63) is 23.4 Å². The Morgan fingerprint density at radius 3 is 3.06 bits per heavy atom. The second-order valence-electron chi connectivity index (χ2n) is 4.03. The molecule has 0 amide bonds. The number of nitrogens with one attached hydrogen (secondary N) is 1. The molecule has 0 saturated carbocycles. The summed E-state index contributed by atoms with van der Waals surface area (Å²) >= 11 is 0. The van der Waals surface area contributed by atoms with Gasteiger partial charge in [-0.2, -0.15) is 8.78 Å². The Hall–Kier alpha value is -1.72. The summed E-state index contributed by atoms with van der Waals surface area (Å²) in [6, 6.07) is 2.76. The number of halogens is 2. The van der Waals surface area contributed by atoms with Gasteiger partial charge in [0.05, 0.1) is 6.61 Å². The lowest BCUT2D eigenvalue weighted by Crippen LogP contribution is -2.30. The summed E-state index contributed by atoms with van der Waals surface area (Å²) in [5, 5.41) is 2.95. The maximum absolute atomic E-state index is 13.7. The van der Waals surface area contributed by atoms with Gasteiger partial charge in [0.2, 0.25) is 0 Å². The molecule has 2 heterocycles. The van der Waals surface area contributed by atoms with Gasteiger partial charge in [0.1, 0.15) is 11.5 Å². The molecule has 1 aromatic rings. The third-order valence-electron chi connectivity index (χ3n) is 2.75. The second-order valence-corrected chi connectivity index (χ2v) is 4.03. The highest BCUT2D eigenvalue weighted by Gasteiger charge is 2.44. The zero-order valence-electron chi connectivity index (χ0n) is 10.0. The number of nitrogens with zero attached hydrogens (tertiary/aromatic N) is 1. The van der Waals surface area contributed by atoms with Crippen LogP contribution in [0.15, 0.2) is 12.1 Å². The molecule has 0 spiro atoms. The third kappa shape index (κ3) is 2.27. The number of alkyl halides is 2. The molecule has 1 N–H and O–H groups in total. The van der Waals surface area contributed by atoms with Gasteiger partial charge in [-0.1, -0.05) is 6.07 Å². The summed E-state index contributed by atoms with van der Waals surface area (Å²) in [7, 11) is 0. The fourth-order valence-corrected chi connectivity index (χ4v) is 1.83. The van der Waals surface area contributed by atoms with Crippen molar-refractivity contribution in [2.24, 2.45) is 0 Å². The van der Waals surface area contributed by atoms with E-state index in [9.17, 15) is 13.6 Å². The highest BCUT2D eigenvalue weighted by Crippen LogP contribution is 2.31. The lowest BCUT2D eigenvalue weighted by atomic mass is 10.1. The van der Waals surface area contributed by atoms with Crippen molar-refractivity contribution >= 4 is 11.8 Å². The lowest BCUT2D eigenvalue weighted by Gasteiger charge is -2.20. The molecule has 0 radical (unpaired) electrons. The molecule has 0 unspecified atom stereocenters. The Kier molecular flexibility index (Phi) is 3.45. The van der Waals surface area contributed by atoms with Crippen LogP contribution in [0.25, 0.3) is 0 Å². The van der Waals surface area contributed by atoms with Crippen molar-refractivity contribution in [2.45, 2.75) is 25.7 Å². The van der Waals surface area contributed by atoms with E-state index in [2.05, 4.69) is 15.0 Å². The van der Waals surface area contributed by atoms with Gasteiger partial charge in [-0.15, -0.1) is 0 Å². The van der Waals surface area contributed by atoms with E-state index in [1.807, 2.05) is 0 Å². The Balaban J connectivity index is 2.30. The van der Waals surface area contributed by atoms with Crippen LogP contribution in [0.2, 0.25) is 0 Å². The van der Waals surface area contributed by atoms with E-state index in [0.717, 1.165) is 18.4 Å². The quantitative estimate of drug-likeness (QED) is 0.841. The number of carbonyl (C=O) groups is 1. The monoisotopic (exact) mass is 256 g/mol. The van der Waals surface area contributed by atoms with Crippen molar-refractivity contribution in [3.8, 4) is 0 Å². The van der Waals surface area contributed by atoms with Gasteiger partial charge in [-0.05, 0) is 31.4 Å². The number of hydrogen-bond acceptors (Lipinski definition) is 4. The molecule has 0 atom stereocenters. The summed E-state index contributed by atoms with van der Waals surface area (Å²) in [5.41, 5.74) is 0.318. The molecule has 0 bridgehead atoms. The van der Waals surface area contributed by atoms with E-state index < -0.39 is 17.6 Å². The maximum atomic E-state index is 13.7. The number of rotatable bonds is 3. The molecule has 2 rings (SSSR count). The van der Waals surface area contributed by atoms with E-state index in [0.29, 0.717) is 12.4 Å². The molecule has 4 nitrogen and oxygen atoms in total. The Morgan fingerprint density at radius 1 is 1.56 bits per heavy atom. The average molecular weight is 256 g/mol. The third-order valence-corrected chi connectivity index (χ3v) is 2.75. The van der Waals surface area contributed by atoms with Crippen molar-refractivity contribution < 1.29 is 18.3 Å². The average Bonchev–Trinajstić information content (AvgIpc) is 2.38. The van der Waals surface area contributed by atoms with Crippen molar-refractivity contribution in [1.29, 1.82) is 0 Å². The number of pyridine rings is 1. The zero-order valence-corrected chi connectivity index (χ0v) is 10.0.